The van der Waals surface area contributed by atoms with Gasteiger partial charge < -0.3 is 4.74 Å². The van der Waals surface area contributed by atoms with Crippen LogP contribution in [0.5, 0.6) is 0 Å². The van der Waals surface area contributed by atoms with Gasteiger partial charge in [-0.25, -0.2) is 4.79 Å². The van der Waals surface area contributed by atoms with Gasteiger partial charge in [0.2, 0.25) is 0 Å². The lowest BCUT2D eigenvalue weighted by Crippen LogP contribution is -2.32. The van der Waals surface area contributed by atoms with E-state index in [9.17, 15) is 9.59 Å². The molecule has 3 heteroatoms. The molecule has 19 heavy (non-hydrogen) atoms. The van der Waals surface area contributed by atoms with E-state index in [0.717, 1.165) is 25.7 Å². The molecule has 0 heterocycles. The molecule has 2 aliphatic rings. The van der Waals surface area contributed by atoms with Gasteiger partial charge in [-0.05, 0) is 50.9 Å². The average Bonchev–Trinajstić information content (AvgIpc) is 2.76. The SMILES string of the molecule is CCOC(=O)C(C)=C[C@@H]1CC[C@@H](C)[C@H]2CCC(=O)[C@@H]21. The number of fused-ring (bicyclic) bond motifs is 1. The molecule has 0 spiro atoms. The van der Waals surface area contributed by atoms with Crippen LogP contribution in [0.2, 0.25) is 0 Å². The molecule has 3 nitrogen and oxygen atoms in total. The second-order valence-electron chi connectivity index (χ2n) is 5.98. The van der Waals surface area contributed by atoms with Gasteiger partial charge in [-0.3, -0.25) is 4.79 Å². The topological polar surface area (TPSA) is 43.4 Å². The number of carbonyl (C=O) groups excluding carboxylic acids is 2. The second kappa shape index (κ2) is 5.89. The third-order valence-corrected chi connectivity index (χ3v) is 4.77. The van der Waals surface area contributed by atoms with Gasteiger partial charge >= 0.3 is 5.97 Å². The van der Waals surface area contributed by atoms with Crippen LogP contribution in [0.4, 0.5) is 0 Å². The van der Waals surface area contributed by atoms with Crippen molar-refractivity contribution in [3.05, 3.63) is 11.6 Å². The first-order valence-corrected chi connectivity index (χ1v) is 7.42. The summed E-state index contributed by atoms with van der Waals surface area (Å²) in [5.74, 6) is 1.70. The summed E-state index contributed by atoms with van der Waals surface area (Å²) in [5.41, 5.74) is 0.653. The molecule has 0 aliphatic heterocycles. The fourth-order valence-electron chi connectivity index (χ4n) is 3.76. The number of hydrogen-bond donors (Lipinski definition) is 0. The zero-order valence-corrected chi connectivity index (χ0v) is 12.1. The van der Waals surface area contributed by atoms with Gasteiger partial charge in [-0.15, -0.1) is 0 Å². The quantitative estimate of drug-likeness (QED) is 0.581. The van der Waals surface area contributed by atoms with E-state index in [1.807, 2.05) is 13.0 Å². The summed E-state index contributed by atoms with van der Waals surface area (Å²) in [6, 6.07) is 0. The molecule has 2 fully saturated rings. The van der Waals surface area contributed by atoms with E-state index < -0.39 is 0 Å². The minimum atomic E-state index is -0.247. The van der Waals surface area contributed by atoms with Crippen molar-refractivity contribution < 1.29 is 14.3 Å². The highest BCUT2D eigenvalue weighted by Gasteiger charge is 2.44. The Hall–Kier alpha value is -1.12. The molecule has 0 aromatic rings. The highest BCUT2D eigenvalue weighted by molar-refractivity contribution is 5.88. The summed E-state index contributed by atoms with van der Waals surface area (Å²) in [4.78, 5) is 23.8. The van der Waals surface area contributed by atoms with E-state index in [1.165, 1.54) is 0 Å². The molecule has 0 radical (unpaired) electrons. The zero-order valence-electron chi connectivity index (χ0n) is 12.1. The van der Waals surface area contributed by atoms with Crippen LogP contribution in [0.3, 0.4) is 0 Å². The van der Waals surface area contributed by atoms with Gasteiger partial charge in [0.05, 0.1) is 6.61 Å². The van der Waals surface area contributed by atoms with E-state index in [1.54, 1.807) is 6.92 Å². The molecule has 0 saturated heterocycles. The molecule has 0 aromatic heterocycles. The summed E-state index contributed by atoms with van der Waals surface area (Å²) in [6.07, 6.45) is 5.93. The molecule has 0 unspecified atom stereocenters. The van der Waals surface area contributed by atoms with Crippen LogP contribution in [0.25, 0.3) is 0 Å². The first kappa shape index (κ1) is 14.3. The second-order valence-corrected chi connectivity index (χ2v) is 5.98. The van der Waals surface area contributed by atoms with Crippen LogP contribution in [-0.2, 0) is 14.3 Å². The molecule has 4 atom stereocenters. The van der Waals surface area contributed by atoms with Gasteiger partial charge in [0, 0.05) is 17.9 Å². The maximum Gasteiger partial charge on any atom is 0.333 e. The Morgan fingerprint density at radius 2 is 2.11 bits per heavy atom. The van der Waals surface area contributed by atoms with Crippen LogP contribution >= 0.6 is 0 Å². The predicted octanol–water partition coefficient (Wildman–Crippen LogP) is 3.14. The van der Waals surface area contributed by atoms with Crippen LogP contribution in [0.15, 0.2) is 11.6 Å². The van der Waals surface area contributed by atoms with E-state index >= 15 is 0 Å². The lowest BCUT2D eigenvalue weighted by Gasteiger charge is -2.36. The van der Waals surface area contributed by atoms with E-state index in [2.05, 4.69) is 6.92 Å². The molecule has 2 saturated carbocycles. The summed E-state index contributed by atoms with van der Waals surface area (Å²) >= 11 is 0. The fraction of sp³-hybridized carbons (Fsp3) is 0.750. The Morgan fingerprint density at radius 3 is 2.79 bits per heavy atom. The maximum absolute atomic E-state index is 12.1. The number of allylic oxidation sites excluding steroid dienone is 1. The Bertz CT molecular complexity index is 397. The van der Waals surface area contributed by atoms with E-state index in [-0.39, 0.29) is 17.8 Å². The Balaban J connectivity index is 2.13. The summed E-state index contributed by atoms with van der Waals surface area (Å²) < 4.78 is 5.01. The lowest BCUT2D eigenvalue weighted by molar-refractivity contribution is -0.138. The van der Waals surface area contributed by atoms with Crippen molar-refractivity contribution in [1.82, 2.24) is 0 Å². The van der Waals surface area contributed by atoms with Crippen LogP contribution < -0.4 is 0 Å². The monoisotopic (exact) mass is 264 g/mol. The molecular formula is C16H24O3. The number of hydrogen-bond acceptors (Lipinski definition) is 3. The zero-order chi connectivity index (χ0) is 14.0. The molecule has 0 aromatic carbocycles. The van der Waals surface area contributed by atoms with Crippen LogP contribution in [0.1, 0.15) is 46.5 Å². The van der Waals surface area contributed by atoms with Crippen molar-refractivity contribution >= 4 is 11.8 Å². The molecule has 2 rings (SSSR count). The van der Waals surface area contributed by atoms with Gasteiger partial charge in [0.1, 0.15) is 5.78 Å². The normalized spacial score (nSPS) is 35.1. The smallest absolute Gasteiger partial charge is 0.333 e. The summed E-state index contributed by atoms with van der Waals surface area (Å²) in [6.45, 7) is 6.26. The summed E-state index contributed by atoms with van der Waals surface area (Å²) in [7, 11) is 0. The number of ketones is 1. The minimum absolute atomic E-state index is 0.146. The molecule has 106 valence electrons. The molecule has 0 bridgehead atoms. The van der Waals surface area contributed by atoms with Gasteiger partial charge in [0.25, 0.3) is 0 Å². The fourth-order valence-corrected chi connectivity index (χ4v) is 3.76. The van der Waals surface area contributed by atoms with Crippen molar-refractivity contribution in [2.45, 2.75) is 46.5 Å². The third-order valence-electron chi connectivity index (χ3n) is 4.77. The van der Waals surface area contributed by atoms with E-state index in [4.69, 9.17) is 4.74 Å². The summed E-state index contributed by atoms with van der Waals surface area (Å²) in [5, 5.41) is 0. The Kier molecular flexibility index (Phi) is 4.43. The molecule has 0 amide bonds. The van der Waals surface area contributed by atoms with Crippen molar-refractivity contribution in [2.24, 2.45) is 23.7 Å². The minimum Gasteiger partial charge on any atom is -0.463 e. The highest BCUT2D eigenvalue weighted by Crippen LogP contribution is 2.47. The maximum atomic E-state index is 12.1. The van der Waals surface area contributed by atoms with Crippen molar-refractivity contribution in [3.8, 4) is 0 Å². The Morgan fingerprint density at radius 1 is 1.37 bits per heavy atom. The van der Waals surface area contributed by atoms with Crippen LogP contribution in [0, 0.1) is 23.7 Å². The van der Waals surface area contributed by atoms with Gasteiger partial charge in [0.15, 0.2) is 0 Å². The van der Waals surface area contributed by atoms with Crippen LogP contribution in [-0.4, -0.2) is 18.4 Å². The third kappa shape index (κ3) is 2.90. The number of rotatable bonds is 3. The van der Waals surface area contributed by atoms with E-state index in [0.29, 0.717) is 29.8 Å². The average molecular weight is 264 g/mol. The number of ether oxygens (including phenoxy) is 1. The van der Waals surface area contributed by atoms with Gasteiger partial charge in [-0.1, -0.05) is 13.0 Å². The molecule has 2 aliphatic carbocycles. The van der Waals surface area contributed by atoms with Crippen molar-refractivity contribution in [2.75, 3.05) is 6.61 Å². The Labute approximate surface area is 115 Å². The van der Waals surface area contributed by atoms with Gasteiger partial charge in [-0.2, -0.15) is 0 Å². The van der Waals surface area contributed by atoms with Crippen molar-refractivity contribution in [3.63, 3.8) is 0 Å². The number of carbonyl (C=O) groups is 2. The lowest BCUT2D eigenvalue weighted by atomic mass is 9.68. The standard InChI is InChI=1S/C16H24O3/c1-4-19-16(18)11(3)9-12-6-5-10(2)13-7-8-14(17)15(12)13/h9-10,12-13,15H,4-8H2,1-3H3/t10-,12+,13-,15-/m1/s1. The number of esters is 1. The first-order chi connectivity index (χ1) is 9.04. The molecular weight excluding hydrogens is 240 g/mol. The predicted molar refractivity (Wildman–Crippen MR) is 73.5 cm³/mol. The molecule has 0 N–H and O–H groups in total. The number of Topliss-reactive ketones (excluding diaryl/α,β-unsaturated/α-hetero) is 1. The van der Waals surface area contributed by atoms with Crippen molar-refractivity contribution in [1.29, 1.82) is 0 Å². The first-order valence-electron chi connectivity index (χ1n) is 7.42. The largest absolute Gasteiger partial charge is 0.463 e. The highest BCUT2D eigenvalue weighted by atomic mass is 16.5.